The van der Waals surface area contributed by atoms with E-state index in [0.29, 0.717) is 41.7 Å². The molecule has 1 N–H and O–H groups in total. The second-order valence-electron chi connectivity index (χ2n) is 7.98. The molecule has 1 aromatic carbocycles. The van der Waals surface area contributed by atoms with Gasteiger partial charge in [-0.2, -0.15) is 5.10 Å². The van der Waals surface area contributed by atoms with E-state index in [1.165, 1.54) is 4.90 Å². The van der Waals surface area contributed by atoms with E-state index in [4.69, 9.17) is 4.98 Å². The molecular weight excluding hydrogens is 368 g/mol. The molecule has 1 aliphatic rings. The first kappa shape index (κ1) is 19.1. The number of carbonyl (C=O) groups excluding carboxylic acids is 1. The van der Waals surface area contributed by atoms with E-state index in [2.05, 4.69) is 5.10 Å². The molecule has 0 saturated carbocycles. The maximum atomic E-state index is 13.5. The van der Waals surface area contributed by atoms with E-state index in [0.717, 1.165) is 5.56 Å². The van der Waals surface area contributed by atoms with Crippen molar-refractivity contribution in [1.29, 1.82) is 0 Å². The number of carboxylic acids is 1. The fraction of sp³-hybridized carbons (Fsp3) is 0.364. The predicted octanol–water partition coefficient (Wildman–Crippen LogP) is 3.76. The number of carbonyl (C=O) groups is 2. The number of hydrogen-bond acceptors (Lipinski definition) is 4. The summed E-state index contributed by atoms with van der Waals surface area (Å²) >= 11 is 0. The predicted molar refractivity (Wildman–Crippen MR) is 110 cm³/mol. The lowest BCUT2D eigenvalue weighted by Gasteiger charge is -2.31. The van der Waals surface area contributed by atoms with Gasteiger partial charge in [-0.15, -0.1) is 0 Å². The fourth-order valence-electron chi connectivity index (χ4n) is 3.99. The Labute approximate surface area is 169 Å². The molecule has 7 heteroatoms. The number of fused-ring (bicyclic) bond motifs is 1. The van der Waals surface area contributed by atoms with Crippen molar-refractivity contribution in [3.05, 3.63) is 48.2 Å². The van der Waals surface area contributed by atoms with Crippen molar-refractivity contribution in [2.24, 2.45) is 0 Å². The summed E-state index contributed by atoms with van der Waals surface area (Å²) in [6, 6.07) is 11.5. The minimum Gasteiger partial charge on any atom is -0.480 e. The van der Waals surface area contributed by atoms with Gasteiger partial charge in [-0.25, -0.2) is 14.5 Å². The van der Waals surface area contributed by atoms with Crippen LogP contribution < -0.4 is 0 Å². The Bertz CT molecular complexity index is 1090. The van der Waals surface area contributed by atoms with Crippen LogP contribution in [-0.2, 0) is 4.79 Å². The Morgan fingerprint density at radius 2 is 1.93 bits per heavy atom. The molecule has 4 rings (SSSR count). The molecule has 0 radical (unpaired) electrons. The van der Waals surface area contributed by atoms with Crippen LogP contribution in [0, 0.1) is 0 Å². The molecule has 1 atom stereocenters. The molecule has 0 spiro atoms. The van der Waals surface area contributed by atoms with Crippen LogP contribution in [-0.4, -0.2) is 48.7 Å². The van der Waals surface area contributed by atoms with Gasteiger partial charge in [-0.3, -0.25) is 4.79 Å². The van der Waals surface area contributed by atoms with Crippen molar-refractivity contribution >= 4 is 22.9 Å². The van der Waals surface area contributed by atoms with Crippen LogP contribution in [0.25, 0.3) is 22.3 Å². The lowest BCUT2D eigenvalue weighted by Crippen LogP contribution is -2.50. The first-order valence-corrected chi connectivity index (χ1v) is 9.82. The number of amides is 1. The molecular formula is C22H24N4O3. The topological polar surface area (TPSA) is 88.3 Å². The maximum absolute atomic E-state index is 13.5. The molecule has 1 fully saturated rings. The molecule has 29 heavy (non-hydrogen) atoms. The van der Waals surface area contributed by atoms with Crippen LogP contribution in [0.3, 0.4) is 0 Å². The zero-order valence-electron chi connectivity index (χ0n) is 16.8. The Morgan fingerprint density at radius 1 is 1.21 bits per heavy atom. The molecule has 1 unspecified atom stereocenters. The Morgan fingerprint density at radius 3 is 2.59 bits per heavy atom. The largest absolute Gasteiger partial charge is 0.480 e. The van der Waals surface area contributed by atoms with Crippen molar-refractivity contribution < 1.29 is 14.7 Å². The average Bonchev–Trinajstić information content (AvgIpc) is 3.32. The Hall–Kier alpha value is -3.22. The quantitative estimate of drug-likeness (QED) is 0.730. The van der Waals surface area contributed by atoms with Gasteiger partial charge in [0.2, 0.25) is 0 Å². The van der Waals surface area contributed by atoms with Crippen molar-refractivity contribution in [2.75, 3.05) is 6.54 Å². The van der Waals surface area contributed by atoms with Crippen LogP contribution in [0.15, 0.2) is 42.6 Å². The van der Waals surface area contributed by atoms with Gasteiger partial charge >= 0.3 is 5.97 Å². The maximum Gasteiger partial charge on any atom is 0.329 e. The molecule has 2 aromatic heterocycles. The van der Waals surface area contributed by atoms with Crippen LogP contribution in [0.2, 0.25) is 0 Å². The number of nitrogens with zero attached hydrogens (tertiary/aromatic N) is 4. The number of aliphatic carboxylic acids is 1. The van der Waals surface area contributed by atoms with Crippen LogP contribution >= 0.6 is 0 Å². The number of pyridine rings is 1. The highest BCUT2D eigenvalue weighted by atomic mass is 16.4. The van der Waals surface area contributed by atoms with E-state index < -0.39 is 11.5 Å². The van der Waals surface area contributed by atoms with Gasteiger partial charge in [-0.1, -0.05) is 30.3 Å². The normalized spacial score (nSPS) is 19.2. The van der Waals surface area contributed by atoms with E-state index >= 15 is 0 Å². The molecule has 1 aliphatic heterocycles. The molecule has 7 nitrogen and oxygen atoms in total. The highest BCUT2D eigenvalue weighted by molar-refractivity contribution is 6.08. The van der Waals surface area contributed by atoms with Crippen molar-refractivity contribution in [1.82, 2.24) is 19.7 Å². The van der Waals surface area contributed by atoms with Crippen LogP contribution in [0.1, 0.15) is 50.0 Å². The number of likely N-dealkylation sites (tertiary alicyclic amines) is 1. The fourth-order valence-corrected chi connectivity index (χ4v) is 3.99. The molecule has 0 aliphatic carbocycles. The van der Waals surface area contributed by atoms with Gasteiger partial charge in [0.1, 0.15) is 5.54 Å². The number of benzene rings is 1. The minimum atomic E-state index is -1.20. The Balaban J connectivity index is 1.91. The second kappa shape index (κ2) is 6.99. The van der Waals surface area contributed by atoms with Crippen LogP contribution in [0.5, 0.6) is 0 Å². The van der Waals surface area contributed by atoms with Gasteiger partial charge in [0.25, 0.3) is 5.91 Å². The summed E-state index contributed by atoms with van der Waals surface area (Å²) in [5.41, 5.74) is 1.42. The summed E-state index contributed by atoms with van der Waals surface area (Å²) in [7, 11) is 0. The lowest BCUT2D eigenvalue weighted by molar-refractivity contribution is -0.147. The van der Waals surface area contributed by atoms with E-state index in [-0.39, 0.29) is 11.9 Å². The van der Waals surface area contributed by atoms with Gasteiger partial charge in [0, 0.05) is 18.2 Å². The van der Waals surface area contributed by atoms with Crippen molar-refractivity contribution in [2.45, 2.75) is 45.2 Å². The highest BCUT2D eigenvalue weighted by Crippen LogP contribution is 2.33. The summed E-state index contributed by atoms with van der Waals surface area (Å²) in [5.74, 6) is -1.27. The third-order valence-corrected chi connectivity index (χ3v) is 5.70. The molecule has 150 valence electrons. The van der Waals surface area contributed by atoms with Crippen molar-refractivity contribution in [3.8, 4) is 11.3 Å². The van der Waals surface area contributed by atoms with E-state index in [1.54, 1.807) is 23.9 Å². The molecule has 1 amide bonds. The number of aromatic nitrogens is 3. The average molecular weight is 392 g/mol. The standard InChI is InChI=1S/C22H24N4O3/c1-14(2)26-19-17(13-23-26)16(12-18(24-19)15-8-5-4-6-9-15)20(27)25-11-7-10-22(25,3)21(28)29/h4-6,8-9,12-14H,7,10-11H2,1-3H3,(H,28,29). The zero-order valence-corrected chi connectivity index (χ0v) is 16.8. The number of rotatable bonds is 4. The molecule has 3 aromatic rings. The summed E-state index contributed by atoms with van der Waals surface area (Å²) in [6.45, 7) is 6.05. The number of carboxylic acid groups (broad SMARTS) is 1. The SMILES string of the molecule is CC(C)n1ncc2c(C(=O)N3CCCC3(C)C(=O)O)cc(-c3ccccc3)nc21. The first-order chi connectivity index (χ1) is 13.8. The van der Waals surface area contributed by atoms with E-state index in [9.17, 15) is 14.7 Å². The van der Waals surface area contributed by atoms with Crippen molar-refractivity contribution in [3.63, 3.8) is 0 Å². The second-order valence-corrected chi connectivity index (χ2v) is 7.98. The molecule has 1 saturated heterocycles. The first-order valence-electron chi connectivity index (χ1n) is 9.82. The van der Waals surface area contributed by atoms with Gasteiger partial charge in [-0.05, 0) is 39.7 Å². The smallest absolute Gasteiger partial charge is 0.329 e. The van der Waals surface area contributed by atoms with Gasteiger partial charge in [0.05, 0.1) is 22.8 Å². The third kappa shape index (κ3) is 3.06. The summed E-state index contributed by atoms with van der Waals surface area (Å²) in [4.78, 5) is 31.7. The monoisotopic (exact) mass is 392 g/mol. The Kier molecular flexibility index (Phi) is 4.61. The molecule has 0 bridgehead atoms. The summed E-state index contributed by atoms with van der Waals surface area (Å²) in [6.07, 6.45) is 2.76. The van der Waals surface area contributed by atoms with Crippen LogP contribution in [0.4, 0.5) is 0 Å². The number of hydrogen-bond donors (Lipinski definition) is 1. The molecule has 3 heterocycles. The van der Waals surface area contributed by atoms with Gasteiger partial charge in [0.15, 0.2) is 5.65 Å². The summed E-state index contributed by atoms with van der Waals surface area (Å²) in [5, 5.41) is 14.8. The summed E-state index contributed by atoms with van der Waals surface area (Å²) < 4.78 is 1.79. The zero-order chi connectivity index (χ0) is 20.8. The van der Waals surface area contributed by atoms with E-state index in [1.807, 2.05) is 44.2 Å². The minimum absolute atomic E-state index is 0.0741. The van der Waals surface area contributed by atoms with Gasteiger partial charge < -0.3 is 10.0 Å². The lowest BCUT2D eigenvalue weighted by atomic mass is 9.98. The third-order valence-electron chi connectivity index (χ3n) is 5.70. The highest BCUT2D eigenvalue weighted by Gasteiger charge is 2.46.